The lowest BCUT2D eigenvalue weighted by molar-refractivity contribution is 0.413. The quantitative estimate of drug-likeness (QED) is 0.855. The minimum atomic E-state index is 0. The highest BCUT2D eigenvalue weighted by Crippen LogP contribution is 2.34. The van der Waals surface area contributed by atoms with Crippen molar-refractivity contribution in [2.45, 2.75) is 12.5 Å². The summed E-state index contributed by atoms with van der Waals surface area (Å²) in [6.45, 7) is 1.77. The Labute approximate surface area is 140 Å². The third kappa shape index (κ3) is 3.29. The highest BCUT2D eigenvalue weighted by Gasteiger charge is 2.22. The van der Waals surface area contributed by atoms with Gasteiger partial charge >= 0.3 is 0 Å². The van der Waals surface area contributed by atoms with Crippen LogP contribution in [0.15, 0.2) is 36.4 Å². The summed E-state index contributed by atoms with van der Waals surface area (Å²) >= 11 is 12.1. The zero-order chi connectivity index (χ0) is 14.1. The van der Waals surface area contributed by atoms with E-state index < -0.39 is 0 Å². The first-order valence-electron chi connectivity index (χ1n) is 6.51. The molecule has 0 radical (unpaired) electrons. The number of fused-ring (bicyclic) bond motifs is 1. The summed E-state index contributed by atoms with van der Waals surface area (Å²) in [5, 5.41) is 4.64. The van der Waals surface area contributed by atoms with Crippen molar-refractivity contribution in [2.24, 2.45) is 0 Å². The van der Waals surface area contributed by atoms with Crippen LogP contribution < -0.4 is 10.1 Å². The Morgan fingerprint density at radius 2 is 1.90 bits per heavy atom. The summed E-state index contributed by atoms with van der Waals surface area (Å²) in [4.78, 5) is 0. The largest absolute Gasteiger partial charge is 0.497 e. The third-order valence-electron chi connectivity index (χ3n) is 3.74. The maximum atomic E-state index is 6.14. The van der Waals surface area contributed by atoms with E-state index in [0.29, 0.717) is 16.0 Å². The lowest BCUT2D eigenvalue weighted by atomic mass is 9.85. The molecule has 0 saturated heterocycles. The molecule has 5 heteroatoms. The lowest BCUT2D eigenvalue weighted by Crippen LogP contribution is -2.28. The molecule has 0 bridgehead atoms. The second kappa shape index (κ2) is 6.89. The smallest absolute Gasteiger partial charge is 0.119 e. The summed E-state index contributed by atoms with van der Waals surface area (Å²) in [6, 6.07) is 12.1. The minimum Gasteiger partial charge on any atom is -0.497 e. The molecule has 1 N–H and O–H groups in total. The molecule has 21 heavy (non-hydrogen) atoms. The average molecular weight is 345 g/mol. The van der Waals surface area contributed by atoms with Gasteiger partial charge in [0, 0.05) is 19.0 Å². The molecule has 1 atom stereocenters. The summed E-state index contributed by atoms with van der Waals surface area (Å²) in [7, 11) is 1.69. The molecule has 1 aliphatic heterocycles. The topological polar surface area (TPSA) is 21.3 Å². The molecule has 0 fully saturated rings. The van der Waals surface area contributed by atoms with Crippen molar-refractivity contribution in [3.63, 3.8) is 0 Å². The molecule has 1 unspecified atom stereocenters. The van der Waals surface area contributed by atoms with Crippen LogP contribution in [0, 0.1) is 0 Å². The number of hydrogen-bond donors (Lipinski definition) is 1. The second-order valence-corrected chi connectivity index (χ2v) is 5.74. The Morgan fingerprint density at radius 3 is 2.62 bits per heavy atom. The number of rotatable bonds is 2. The first-order valence-corrected chi connectivity index (χ1v) is 7.27. The van der Waals surface area contributed by atoms with E-state index >= 15 is 0 Å². The summed E-state index contributed by atoms with van der Waals surface area (Å²) in [6.07, 6.45) is 0. The van der Waals surface area contributed by atoms with Crippen molar-refractivity contribution in [3.05, 3.63) is 63.1 Å². The summed E-state index contributed by atoms with van der Waals surface area (Å²) in [5.41, 5.74) is 3.77. The average Bonchev–Trinajstić information content (AvgIpc) is 2.49. The van der Waals surface area contributed by atoms with E-state index in [1.807, 2.05) is 24.3 Å². The molecule has 2 aromatic carbocycles. The molecule has 112 valence electrons. The Bertz CT molecular complexity index is 645. The normalized spacial score (nSPS) is 16.8. The number of methoxy groups -OCH3 is 1. The van der Waals surface area contributed by atoms with Crippen molar-refractivity contribution in [3.8, 4) is 5.75 Å². The van der Waals surface area contributed by atoms with Gasteiger partial charge in [0.25, 0.3) is 0 Å². The van der Waals surface area contributed by atoms with Crippen molar-refractivity contribution in [1.82, 2.24) is 5.32 Å². The molecule has 3 rings (SSSR count). The van der Waals surface area contributed by atoms with Gasteiger partial charge < -0.3 is 10.1 Å². The minimum absolute atomic E-state index is 0. The van der Waals surface area contributed by atoms with Gasteiger partial charge in [0.1, 0.15) is 5.75 Å². The first-order chi connectivity index (χ1) is 9.69. The number of benzene rings is 2. The van der Waals surface area contributed by atoms with Crippen molar-refractivity contribution in [1.29, 1.82) is 0 Å². The molecule has 2 aromatic rings. The molecule has 1 heterocycles. The fraction of sp³-hybridized carbons (Fsp3) is 0.250. The number of ether oxygens (including phenoxy) is 1. The maximum absolute atomic E-state index is 6.14. The Kier molecular flexibility index (Phi) is 5.39. The first kappa shape index (κ1) is 16.4. The molecule has 0 spiro atoms. The van der Waals surface area contributed by atoms with Gasteiger partial charge in [0.2, 0.25) is 0 Å². The maximum Gasteiger partial charge on any atom is 0.119 e. The van der Waals surface area contributed by atoms with Crippen LogP contribution in [0.25, 0.3) is 0 Å². The van der Waals surface area contributed by atoms with E-state index in [1.54, 1.807) is 7.11 Å². The van der Waals surface area contributed by atoms with Gasteiger partial charge in [-0.25, -0.2) is 0 Å². The van der Waals surface area contributed by atoms with Gasteiger partial charge in [-0.15, -0.1) is 12.4 Å². The number of halogens is 3. The van der Waals surface area contributed by atoms with Gasteiger partial charge in [-0.2, -0.15) is 0 Å². The van der Waals surface area contributed by atoms with Gasteiger partial charge in [-0.05, 0) is 41.0 Å². The standard InChI is InChI=1S/C16H15Cl2NO.ClH/c1-20-12-3-4-13-11(6-12)8-19-9-14(13)10-2-5-15(17)16(18)7-10;/h2-7,14,19H,8-9H2,1H3;1H. The highest BCUT2D eigenvalue weighted by atomic mass is 35.5. The van der Waals surface area contributed by atoms with Gasteiger partial charge in [-0.3, -0.25) is 0 Å². The SMILES string of the molecule is COc1ccc2c(c1)CNCC2c1ccc(Cl)c(Cl)c1.Cl. The van der Waals surface area contributed by atoms with Crippen LogP contribution in [0.1, 0.15) is 22.6 Å². The number of nitrogens with one attached hydrogen (secondary N) is 1. The van der Waals surface area contributed by atoms with Gasteiger partial charge in [0.15, 0.2) is 0 Å². The summed E-state index contributed by atoms with van der Waals surface area (Å²) < 4.78 is 5.29. The monoisotopic (exact) mass is 343 g/mol. The van der Waals surface area contributed by atoms with Gasteiger partial charge in [0.05, 0.1) is 17.2 Å². The number of hydrogen-bond acceptors (Lipinski definition) is 2. The zero-order valence-corrected chi connectivity index (χ0v) is 13.9. The van der Waals surface area contributed by atoms with Crippen molar-refractivity contribution >= 4 is 35.6 Å². The van der Waals surface area contributed by atoms with Crippen LogP contribution in [0.4, 0.5) is 0 Å². The molecular weight excluding hydrogens is 329 g/mol. The Hall–Kier alpha value is -0.930. The molecule has 1 aliphatic rings. The second-order valence-electron chi connectivity index (χ2n) is 4.92. The lowest BCUT2D eigenvalue weighted by Gasteiger charge is -2.27. The molecule has 0 amide bonds. The van der Waals surface area contributed by atoms with E-state index in [-0.39, 0.29) is 12.4 Å². The van der Waals surface area contributed by atoms with Crippen LogP contribution in [-0.2, 0) is 6.54 Å². The molecule has 0 aliphatic carbocycles. The molecule has 0 saturated carbocycles. The fourth-order valence-electron chi connectivity index (χ4n) is 2.69. The fourth-order valence-corrected chi connectivity index (χ4v) is 3.00. The van der Waals surface area contributed by atoms with Crippen LogP contribution in [0.5, 0.6) is 5.75 Å². The predicted octanol–water partition coefficient (Wildman–Crippen LogP) is 4.66. The van der Waals surface area contributed by atoms with E-state index in [4.69, 9.17) is 27.9 Å². The predicted molar refractivity (Wildman–Crippen MR) is 90.3 cm³/mol. The van der Waals surface area contributed by atoms with Crippen molar-refractivity contribution in [2.75, 3.05) is 13.7 Å². The molecular formula is C16H16Cl3NO. The van der Waals surface area contributed by atoms with E-state index in [1.165, 1.54) is 16.7 Å². The van der Waals surface area contributed by atoms with E-state index in [0.717, 1.165) is 18.8 Å². The van der Waals surface area contributed by atoms with Gasteiger partial charge in [-0.1, -0.05) is 35.3 Å². The highest BCUT2D eigenvalue weighted by molar-refractivity contribution is 6.42. The van der Waals surface area contributed by atoms with Crippen molar-refractivity contribution < 1.29 is 4.74 Å². The molecule has 2 nitrogen and oxygen atoms in total. The molecule has 0 aromatic heterocycles. The zero-order valence-electron chi connectivity index (χ0n) is 11.5. The van der Waals surface area contributed by atoms with E-state index in [9.17, 15) is 0 Å². The summed E-state index contributed by atoms with van der Waals surface area (Å²) in [5.74, 6) is 1.18. The third-order valence-corrected chi connectivity index (χ3v) is 4.47. The Morgan fingerprint density at radius 1 is 1.10 bits per heavy atom. The van der Waals surface area contributed by atoms with Crippen LogP contribution in [0.2, 0.25) is 10.0 Å². The Balaban J connectivity index is 0.00000161. The van der Waals surface area contributed by atoms with Crippen LogP contribution >= 0.6 is 35.6 Å². The van der Waals surface area contributed by atoms with E-state index in [2.05, 4.69) is 17.4 Å². The van der Waals surface area contributed by atoms with Crippen LogP contribution in [-0.4, -0.2) is 13.7 Å². The van der Waals surface area contributed by atoms with Crippen LogP contribution in [0.3, 0.4) is 0 Å².